The molecule has 1 N–H and O–H groups in total. The van der Waals surface area contributed by atoms with E-state index in [1.807, 2.05) is 56.3 Å². The van der Waals surface area contributed by atoms with E-state index in [9.17, 15) is 4.79 Å². The molecule has 2 heterocycles. The summed E-state index contributed by atoms with van der Waals surface area (Å²) in [6, 6.07) is 18.2. The summed E-state index contributed by atoms with van der Waals surface area (Å²) in [5.74, 6) is 1.50. The number of nitrogens with one attached hydrogen (secondary N) is 1. The van der Waals surface area contributed by atoms with Gasteiger partial charge >= 0.3 is 0 Å². The Morgan fingerprint density at radius 1 is 1.10 bits per heavy atom. The maximum absolute atomic E-state index is 13.5. The lowest BCUT2D eigenvalue weighted by atomic mass is 9.72. The number of anilines is 1. The van der Waals surface area contributed by atoms with E-state index in [1.54, 1.807) is 0 Å². The number of Topliss-reactive ketones (excluding diaryl/α,β-unsaturated/α-hetero) is 1. The molecule has 2 atom stereocenters. The van der Waals surface area contributed by atoms with Crippen LogP contribution >= 0.6 is 0 Å². The molecule has 5 heteroatoms. The standard InChI is InChI=1S/C25H24N2O3/c1-3-29-21-12-8-7-11-18(21)23-22-15(2)27-30-25(22)26-19-13-17(14-20(28)24(19)23)16-9-5-4-6-10-16/h4-12,17,23,26H,3,13-14H2,1-2H3. The lowest BCUT2D eigenvalue weighted by Gasteiger charge is -2.35. The van der Waals surface area contributed by atoms with Crippen LogP contribution in [0.2, 0.25) is 0 Å². The SMILES string of the molecule is CCOc1ccccc1C1C2=C(CC(c3ccccc3)CC2=O)Nc2onc(C)c21. The van der Waals surface area contributed by atoms with Gasteiger partial charge in [0.15, 0.2) is 5.78 Å². The fraction of sp³-hybridized carbons (Fsp3) is 0.280. The van der Waals surface area contributed by atoms with E-state index in [4.69, 9.17) is 9.26 Å². The molecule has 0 radical (unpaired) electrons. The van der Waals surface area contributed by atoms with Crippen molar-refractivity contribution in [3.8, 4) is 5.75 Å². The zero-order chi connectivity index (χ0) is 20.7. The van der Waals surface area contributed by atoms with Gasteiger partial charge in [0.2, 0.25) is 5.88 Å². The molecule has 3 aromatic rings. The van der Waals surface area contributed by atoms with Crippen LogP contribution < -0.4 is 10.1 Å². The number of carbonyl (C=O) groups is 1. The zero-order valence-electron chi connectivity index (χ0n) is 17.1. The molecule has 0 bridgehead atoms. The highest BCUT2D eigenvalue weighted by Gasteiger charge is 2.42. The molecule has 1 aromatic heterocycles. The van der Waals surface area contributed by atoms with Crippen molar-refractivity contribution in [3.05, 3.63) is 88.3 Å². The normalized spacial score (nSPS) is 20.4. The molecule has 1 aliphatic carbocycles. The number of rotatable bonds is 4. The van der Waals surface area contributed by atoms with Gasteiger partial charge in [-0.15, -0.1) is 0 Å². The fourth-order valence-electron chi connectivity index (χ4n) is 4.75. The van der Waals surface area contributed by atoms with E-state index in [1.165, 1.54) is 5.56 Å². The summed E-state index contributed by atoms with van der Waals surface area (Å²) in [5.41, 5.74) is 5.62. The monoisotopic (exact) mass is 400 g/mol. The molecule has 5 nitrogen and oxygen atoms in total. The van der Waals surface area contributed by atoms with E-state index in [0.29, 0.717) is 18.9 Å². The summed E-state index contributed by atoms with van der Waals surface area (Å²) in [5, 5.41) is 7.58. The smallest absolute Gasteiger partial charge is 0.233 e. The van der Waals surface area contributed by atoms with Gasteiger partial charge in [0.05, 0.1) is 23.8 Å². The highest BCUT2D eigenvalue weighted by Crippen LogP contribution is 2.50. The van der Waals surface area contributed by atoms with Crippen molar-refractivity contribution >= 4 is 11.7 Å². The Hall–Kier alpha value is -3.34. The molecule has 2 aromatic carbocycles. The number of aryl methyl sites for hydroxylation is 1. The lowest BCUT2D eigenvalue weighted by Crippen LogP contribution is -2.29. The van der Waals surface area contributed by atoms with E-state index < -0.39 is 0 Å². The van der Waals surface area contributed by atoms with Gasteiger partial charge in [-0.25, -0.2) is 0 Å². The van der Waals surface area contributed by atoms with Crippen LogP contribution in [0, 0.1) is 6.92 Å². The van der Waals surface area contributed by atoms with Gasteiger partial charge in [-0.2, -0.15) is 0 Å². The Morgan fingerprint density at radius 2 is 1.87 bits per heavy atom. The van der Waals surface area contributed by atoms with E-state index in [2.05, 4.69) is 22.6 Å². The van der Waals surface area contributed by atoms with Gasteiger partial charge in [-0.1, -0.05) is 53.7 Å². The maximum Gasteiger partial charge on any atom is 0.233 e. The van der Waals surface area contributed by atoms with E-state index in [0.717, 1.165) is 40.3 Å². The van der Waals surface area contributed by atoms with Crippen molar-refractivity contribution < 1.29 is 14.1 Å². The lowest BCUT2D eigenvalue weighted by molar-refractivity contribution is -0.116. The van der Waals surface area contributed by atoms with Gasteiger partial charge in [0.1, 0.15) is 5.75 Å². The number of allylic oxidation sites excluding steroid dienone is 2. The van der Waals surface area contributed by atoms with Crippen LogP contribution in [0.3, 0.4) is 0 Å². The second kappa shape index (κ2) is 7.48. The van der Waals surface area contributed by atoms with Crippen molar-refractivity contribution in [2.75, 3.05) is 11.9 Å². The van der Waals surface area contributed by atoms with Crippen molar-refractivity contribution in [1.82, 2.24) is 5.16 Å². The summed E-state index contributed by atoms with van der Waals surface area (Å²) in [6.07, 6.45) is 1.26. The molecule has 5 rings (SSSR count). The number of hydrogen-bond donors (Lipinski definition) is 1. The number of para-hydroxylation sites is 1. The summed E-state index contributed by atoms with van der Waals surface area (Å²) >= 11 is 0. The second-order valence-electron chi connectivity index (χ2n) is 7.87. The third-order valence-electron chi connectivity index (χ3n) is 6.06. The Balaban J connectivity index is 1.65. The van der Waals surface area contributed by atoms with Gasteiger partial charge in [-0.3, -0.25) is 4.79 Å². The molecule has 0 amide bonds. The van der Waals surface area contributed by atoms with Gasteiger partial charge in [-0.05, 0) is 37.8 Å². The first-order valence-electron chi connectivity index (χ1n) is 10.4. The molecule has 1 aliphatic heterocycles. The number of benzene rings is 2. The largest absolute Gasteiger partial charge is 0.494 e. The minimum absolute atomic E-state index is 0.151. The molecule has 152 valence electrons. The molecule has 0 saturated heterocycles. The first-order chi connectivity index (χ1) is 14.7. The quantitative estimate of drug-likeness (QED) is 0.640. The Morgan fingerprint density at radius 3 is 2.67 bits per heavy atom. The van der Waals surface area contributed by atoms with Crippen molar-refractivity contribution in [1.29, 1.82) is 0 Å². The Kier molecular flexibility index (Phi) is 4.66. The molecule has 0 fully saturated rings. The second-order valence-corrected chi connectivity index (χ2v) is 7.87. The third kappa shape index (κ3) is 3.02. The highest BCUT2D eigenvalue weighted by molar-refractivity contribution is 6.01. The first-order valence-corrected chi connectivity index (χ1v) is 10.4. The van der Waals surface area contributed by atoms with Crippen molar-refractivity contribution in [3.63, 3.8) is 0 Å². The number of carbonyl (C=O) groups excluding carboxylic acids is 1. The predicted octanol–water partition coefficient (Wildman–Crippen LogP) is 5.34. The summed E-state index contributed by atoms with van der Waals surface area (Å²) < 4.78 is 11.5. The van der Waals surface area contributed by atoms with Crippen LogP contribution in [-0.2, 0) is 4.79 Å². The zero-order valence-corrected chi connectivity index (χ0v) is 17.1. The number of hydrogen-bond acceptors (Lipinski definition) is 5. The Labute approximate surface area is 175 Å². The minimum Gasteiger partial charge on any atom is -0.494 e. The van der Waals surface area contributed by atoms with Crippen LogP contribution in [0.4, 0.5) is 5.88 Å². The van der Waals surface area contributed by atoms with Crippen molar-refractivity contribution in [2.24, 2.45) is 0 Å². The third-order valence-corrected chi connectivity index (χ3v) is 6.06. The van der Waals surface area contributed by atoms with E-state index in [-0.39, 0.29) is 17.6 Å². The van der Waals surface area contributed by atoms with Crippen LogP contribution in [0.15, 0.2) is 70.4 Å². The average molecular weight is 400 g/mol. The number of ketones is 1. The highest BCUT2D eigenvalue weighted by atomic mass is 16.5. The van der Waals surface area contributed by atoms with Crippen LogP contribution in [0.25, 0.3) is 0 Å². The maximum atomic E-state index is 13.5. The number of aromatic nitrogens is 1. The molecule has 2 aliphatic rings. The number of nitrogens with zero attached hydrogens (tertiary/aromatic N) is 1. The first kappa shape index (κ1) is 18.7. The fourth-order valence-corrected chi connectivity index (χ4v) is 4.75. The molecular weight excluding hydrogens is 376 g/mol. The van der Waals surface area contributed by atoms with Gasteiger partial charge in [0.25, 0.3) is 0 Å². The molecule has 30 heavy (non-hydrogen) atoms. The molecule has 0 spiro atoms. The minimum atomic E-state index is -0.241. The summed E-state index contributed by atoms with van der Waals surface area (Å²) in [7, 11) is 0. The topological polar surface area (TPSA) is 64.4 Å². The van der Waals surface area contributed by atoms with Crippen LogP contribution in [-0.4, -0.2) is 17.5 Å². The summed E-state index contributed by atoms with van der Waals surface area (Å²) in [6.45, 7) is 4.45. The van der Waals surface area contributed by atoms with Crippen LogP contribution in [0.1, 0.15) is 54.0 Å². The molecule has 0 saturated carbocycles. The molecular formula is C25H24N2O3. The van der Waals surface area contributed by atoms with Crippen molar-refractivity contribution in [2.45, 2.75) is 38.5 Å². The van der Waals surface area contributed by atoms with E-state index >= 15 is 0 Å². The van der Waals surface area contributed by atoms with Crippen LogP contribution in [0.5, 0.6) is 5.75 Å². The summed E-state index contributed by atoms with van der Waals surface area (Å²) in [4.78, 5) is 13.5. The van der Waals surface area contributed by atoms with Gasteiger partial charge in [0, 0.05) is 23.3 Å². The Bertz CT molecular complexity index is 1130. The predicted molar refractivity (Wildman–Crippen MR) is 115 cm³/mol. The number of ether oxygens (including phenoxy) is 1. The van der Waals surface area contributed by atoms with Gasteiger partial charge < -0.3 is 14.6 Å². The average Bonchev–Trinajstić information content (AvgIpc) is 3.14. The molecule has 2 unspecified atom stereocenters. The number of fused-ring (bicyclic) bond motifs is 1.